The van der Waals surface area contributed by atoms with Crippen molar-refractivity contribution in [1.29, 1.82) is 0 Å². The molecule has 36 heavy (non-hydrogen) atoms. The minimum absolute atomic E-state index is 0.495. The molecule has 0 saturated carbocycles. The molecule has 174 valence electrons. The van der Waals surface area contributed by atoms with Crippen molar-refractivity contribution in [2.45, 2.75) is 25.7 Å². The van der Waals surface area contributed by atoms with Crippen molar-refractivity contribution in [3.8, 4) is 22.4 Å². The van der Waals surface area contributed by atoms with E-state index in [4.69, 9.17) is 4.42 Å². The maximum absolute atomic E-state index is 6.76. The van der Waals surface area contributed by atoms with Gasteiger partial charge in [-0.1, -0.05) is 78.9 Å². The van der Waals surface area contributed by atoms with E-state index in [-0.39, 0.29) is 0 Å². The summed E-state index contributed by atoms with van der Waals surface area (Å²) in [6.45, 7) is 2.17. The predicted octanol–water partition coefficient (Wildman–Crippen LogP) is 8.13. The highest BCUT2D eigenvalue weighted by Crippen LogP contribution is 2.43. The molecule has 0 saturated heterocycles. The Balaban J connectivity index is 1.40. The van der Waals surface area contributed by atoms with Crippen LogP contribution in [0.3, 0.4) is 0 Å². The summed E-state index contributed by atoms with van der Waals surface area (Å²) in [6, 6.07) is 35.2. The number of pyridine rings is 1. The second kappa shape index (κ2) is 8.20. The molecule has 0 spiro atoms. The van der Waals surface area contributed by atoms with Gasteiger partial charge in [0, 0.05) is 34.4 Å². The Morgan fingerprint density at radius 3 is 2.47 bits per heavy atom. The summed E-state index contributed by atoms with van der Waals surface area (Å²) in [5.74, 6) is 0.495. The quantitative estimate of drug-likeness (QED) is 0.241. The molecule has 1 atom stereocenters. The van der Waals surface area contributed by atoms with Gasteiger partial charge in [-0.15, -0.1) is 0 Å². The fourth-order valence-electron chi connectivity index (χ4n) is 6.11. The number of nitrogens with zero attached hydrogens (tertiary/aromatic N) is 1. The Bertz CT molecular complexity index is 1760. The van der Waals surface area contributed by atoms with E-state index >= 15 is 0 Å². The first-order chi connectivity index (χ1) is 17.7. The van der Waals surface area contributed by atoms with Crippen LogP contribution in [0.1, 0.15) is 34.6 Å². The van der Waals surface area contributed by atoms with Crippen molar-refractivity contribution in [1.82, 2.24) is 0 Å². The molecule has 7 rings (SSSR count). The minimum Gasteiger partial charge on any atom is -0.454 e. The number of rotatable bonds is 3. The Morgan fingerprint density at radius 2 is 1.61 bits per heavy atom. The maximum Gasteiger partial charge on any atom is 0.216 e. The van der Waals surface area contributed by atoms with Crippen molar-refractivity contribution in [3.05, 3.63) is 126 Å². The van der Waals surface area contributed by atoms with Gasteiger partial charge in [0.1, 0.15) is 18.2 Å². The zero-order valence-electron chi connectivity index (χ0n) is 20.7. The van der Waals surface area contributed by atoms with Gasteiger partial charge < -0.3 is 4.42 Å². The molecule has 2 heterocycles. The van der Waals surface area contributed by atoms with Gasteiger partial charge in [-0.2, -0.15) is 0 Å². The molecule has 0 fully saturated rings. The molecule has 1 aliphatic rings. The molecule has 6 aromatic rings. The van der Waals surface area contributed by atoms with Crippen molar-refractivity contribution in [3.63, 3.8) is 0 Å². The fraction of sp³-hybridized carbons (Fsp3) is 0.147. The van der Waals surface area contributed by atoms with Gasteiger partial charge in [-0.25, -0.2) is 4.57 Å². The molecule has 1 unspecified atom stereocenters. The lowest BCUT2D eigenvalue weighted by Gasteiger charge is -2.13. The summed E-state index contributed by atoms with van der Waals surface area (Å²) in [4.78, 5) is 0. The van der Waals surface area contributed by atoms with E-state index in [1.807, 2.05) is 0 Å². The van der Waals surface area contributed by atoms with Gasteiger partial charge in [-0.3, -0.25) is 0 Å². The number of furan rings is 1. The van der Waals surface area contributed by atoms with Crippen LogP contribution in [0.4, 0.5) is 0 Å². The van der Waals surface area contributed by atoms with Gasteiger partial charge in [-0.05, 0) is 53.6 Å². The number of hydrogen-bond acceptors (Lipinski definition) is 1. The number of hydrogen-bond donors (Lipinski definition) is 0. The van der Waals surface area contributed by atoms with Crippen LogP contribution in [0.2, 0.25) is 0 Å². The number of fused-ring (bicyclic) bond motifs is 4. The molecule has 0 radical (unpaired) electrons. The molecule has 4 aromatic carbocycles. The standard InChI is InChI=1S/C34H28NO/c1-22-14-17-30-29-12-8-11-28(33(29)36-34(30)32(22)31-13-6-7-20-35(31)2)25-16-19-27-24(21-25)15-18-26(27)23-9-4-3-5-10-23/h3-14,16-17,19-21,26H,15,18H2,1-2H3/q+1. The molecule has 2 nitrogen and oxygen atoms in total. The van der Waals surface area contributed by atoms with E-state index in [1.165, 1.54) is 45.0 Å². The smallest absolute Gasteiger partial charge is 0.216 e. The fourth-order valence-corrected chi connectivity index (χ4v) is 6.11. The highest BCUT2D eigenvalue weighted by molar-refractivity contribution is 6.13. The lowest BCUT2D eigenvalue weighted by atomic mass is 9.91. The van der Waals surface area contributed by atoms with Crippen LogP contribution in [0.25, 0.3) is 44.3 Å². The second-order valence-corrected chi connectivity index (χ2v) is 10.0. The zero-order valence-corrected chi connectivity index (χ0v) is 20.7. The van der Waals surface area contributed by atoms with Gasteiger partial charge in [0.15, 0.2) is 6.20 Å². The number of para-hydroxylation sites is 1. The Labute approximate surface area is 211 Å². The van der Waals surface area contributed by atoms with Crippen molar-refractivity contribution < 1.29 is 8.98 Å². The highest BCUT2D eigenvalue weighted by atomic mass is 16.3. The van der Waals surface area contributed by atoms with Crippen molar-refractivity contribution in [2.75, 3.05) is 0 Å². The molecule has 0 N–H and O–H groups in total. The third-order valence-corrected chi connectivity index (χ3v) is 7.92. The van der Waals surface area contributed by atoms with E-state index in [9.17, 15) is 0 Å². The lowest BCUT2D eigenvalue weighted by molar-refractivity contribution is -0.660. The molecule has 0 aliphatic heterocycles. The van der Waals surface area contributed by atoms with Crippen LogP contribution < -0.4 is 4.57 Å². The Morgan fingerprint density at radius 1 is 0.778 bits per heavy atom. The highest BCUT2D eigenvalue weighted by Gasteiger charge is 2.25. The molecule has 2 heteroatoms. The van der Waals surface area contributed by atoms with Crippen LogP contribution in [-0.4, -0.2) is 0 Å². The van der Waals surface area contributed by atoms with Gasteiger partial charge >= 0.3 is 0 Å². The summed E-state index contributed by atoms with van der Waals surface area (Å²) in [6.07, 6.45) is 4.38. The molecule has 2 aromatic heterocycles. The summed E-state index contributed by atoms with van der Waals surface area (Å²) in [5, 5.41) is 2.34. The maximum atomic E-state index is 6.76. The largest absolute Gasteiger partial charge is 0.454 e. The molecule has 0 bridgehead atoms. The predicted molar refractivity (Wildman–Crippen MR) is 147 cm³/mol. The van der Waals surface area contributed by atoms with Crippen molar-refractivity contribution >= 4 is 21.9 Å². The first kappa shape index (κ1) is 21.1. The van der Waals surface area contributed by atoms with E-state index in [0.29, 0.717) is 5.92 Å². The van der Waals surface area contributed by atoms with Crippen LogP contribution in [0, 0.1) is 6.92 Å². The van der Waals surface area contributed by atoms with E-state index in [1.54, 1.807) is 0 Å². The monoisotopic (exact) mass is 466 g/mol. The first-order valence-corrected chi connectivity index (χ1v) is 12.8. The Kier molecular flexibility index (Phi) is 4.82. The van der Waals surface area contributed by atoms with Crippen LogP contribution >= 0.6 is 0 Å². The summed E-state index contributed by atoms with van der Waals surface area (Å²) in [7, 11) is 2.09. The van der Waals surface area contributed by atoms with Crippen LogP contribution in [0.5, 0.6) is 0 Å². The topological polar surface area (TPSA) is 17.0 Å². The molecular weight excluding hydrogens is 438 g/mol. The van der Waals surface area contributed by atoms with Gasteiger partial charge in [0.05, 0.1) is 5.56 Å². The molecular formula is C34H28NO+. The number of aryl methyl sites for hydroxylation is 3. The second-order valence-electron chi connectivity index (χ2n) is 10.0. The Hall–Kier alpha value is -4.17. The van der Waals surface area contributed by atoms with E-state index in [0.717, 1.165) is 34.4 Å². The lowest BCUT2D eigenvalue weighted by Crippen LogP contribution is -2.30. The number of benzene rings is 4. The zero-order chi connectivity index (χ0) is 24.2. The number of aromatic nitrogens is 1. The van der Waals surface area contributed by atoms with Gasteiger partial charge in [0.2, 0.25) is 5.69 Å². The molecule has 0 amide bonds. The first-order valence-electron chi connectivity index (χ1n) is 12.8. The average Bonchev–Trinajstić information content (AvgIpc) is 3.51. The van der Waals surface area contributed by atoms with Crippen LogP contribution in [-0.2, 0) is 13.5 Å². The van der Waals surface area contributed by atoms with Gasteiger partial charge in [0.25, 0.3) is 0 Å². The molecule has 1 aliphatic carbocycles. The average molecular weight is 467 g/mol. The normalized spacial score (nSPS) is 15.0. The van der Waals surface area contributed by atoms with Crippen LogP contribution in [0.15, 0.2) is 108 Å². The third-order valence-electron chi connectivity index (χ3n) is 7.92. The third kappa shape index (κ3) is 3.21. The van der Waals surface area contributed by atoms with E-state index < -0.39 is 0 Å². The van der Waals surface area contributed by atoms with E-state index in [2.05, 4.69) is 122 Å². The SMILES string of the molecule is Cc1ccc2c(oc3c(-c4ccc5c(c4)CCC5c4ccccc4)cccc32)c1-c1cccc[n+]1C. The summed E-state index contributed by atoms with van der Waals surface area (Å²) >= 11 is 0. The summed E-state index contributed by atoms with van der Waals surface area (Å²) in [5.41, 5.74) is 12.2. The minimum atomic E-state index is 0.495. The van der Waals surface area contributed by atoms with Crippen molar-refractivity contribution in [2.24, 2.45) is 7.05 Å². The summed E-state index contributed by atoms with van der Waals surface area (Å²) < 4.78 is 8.92.